The summed E-state index contributed by atoms with van der Waals surface area (Å²) in [6.45, 7) is 2.55. The van der Waals surface area contributed by atoms with Gasteiger partial charge in [-0.15, -0.1) is 0 Å². The fourth-order valence-corrected chi connectivity index (χ4v) is 6.10. The first-order valence-electron chi connectivity index (χ1n) is 12.2. The number of amides is 1. The van der Waals surface area contributed by atoms with E-state index in [0.717, 1.165) is 58.0 Å². The molecule has 34 heavy (non-hydrogen) atoms. The molecule has 2 atom stereocenters. The second-order valence-corrected chi connectivity index (χ2v) is 10.0. The molecular formula is C24H32N5O5+. The van der Waals surface area contributed by atoms with Crippen molar-refractivity contribution in [3.05, 3.63) is 36.8 Å². The van der Waals surface area contributed by atoms with Crippen LogP contribution in [0.4, 0.5) is 5.95 Å². The van der Waals surface area contributed by atoms with Crippen LogP contribution in [0.5, 0.6) is 0 Å². The van der Waals surface area contributed by atoms with Crippen LogP contribution in [0.15, 0.2) is 35.7 Å². The molecule has 1 aliphatic carbocycles. The summed E-state index contributed by atoms with van der Waals surface area (Å²) in [5.74, 6) is -0.482. The molecule has 4 fully saturated rings. The van der Waals surface area contributed by atoms with Crippen LogP contribution in [0.3, 0.4) is 0 Å². The number of ether oxygens (including phenoxy) is 1. The highest BCUT2D eigenvalue weighted by Gasteiger charge is 2.53. The summed E-state index contributed by atoms with van der Waals surface area (Å²) < 4.78 is 11.9. The van der Waals surface area contributed by atoms with Crippen molar-refractivity contribution in [2.45, 2.75) is 56.7 Å². The summed E-state index contributed by atoms with van der Waals surface area (Å²) in [6, 6.07) is 1.66. The van der Waals surface area contributed by atoms with Crippen LogP contribution in [-0.2, 0) is 19.9 Å². The molecule has 2 aromatic heterocycles. The Morgan fingerprint density at radius 2 is 1.88 bits per heavy atom. The minimum atomic E-state index is -1.71. The molecule has 6 rings (SSSR count). The first-order valence-corrected chi connectivity index (χ1v) is 12.2. The van der Waals surface area contributed by atoms with Gasteiger partial charge in [0.1, 0.15) is 19.2 Å². The van der Waals surface area contributed by atoms with Gasteiger partial charge in [-0.2, -0.15) is 0 Å². The molecule has 5 heterocycles. The lowest BCUT2D eigenvalue weighted by Crippen LogP contribution is -2.66. The molecule has 3 saturated heterocycles. The first-order chi connectivity index (χ1) is 16.5. The maximum Gasteiger partial charge on any atom is 0.343 e. The van der Waals surface area contributed by atoms with Crippen LogP contribution in [0.25, 0.3) is 0 Å². The normalized spacial score (nSPS) is 28.7. The predicted octanol–water partition coefficient (Wildman–Crippen LogP) is 2.02. The zero-order valence-electron chi connectivity index (χ0n) is 19.3. The van der Waals surface area contributed by atoms with Gasteiger partial charge in [0.05, 0.1) is 25.6 Å². The van der Waals surface area contributed by atoms with Crippen LogP contribution in [-0.4, -0.2) is 68.7 Å². The number of aromatic nitrogens is 3. The Morgan fingerprint density at radius 1 is 1.15 bits per heavy atom. The van der Waals surface area contributed by atoms with Crippen molar-refractivity contribution in [2.24, 2.45) is 11.8 Å². The van der Waals surface area contributed by atoms with Crippen LogP contribution in [0.1, 0.15) is 50.5 Å². The third-order valence-corrected chi connectivity index (χ3v) is 7.99. The molecule has 2 N–H and O–H groups in total. The Hall–Kier alpha value is -2.85. The minimum absolute atomic E-state index is 0.172. The van der Waals surface area contributed by atoms with Crippen molar-refractivity contribution in [3.8, 4) is 0 Å². The molecule has 1 saturated carbocycles. The average Bonchev–Trinajstić information content (AvgIpc) is 3.40. The van der Waals surface area contributed by atoms with Crippen LogP contribution < -0.4 is 5.32 Å². The Kier molecular flexibility index (Phi) is 6.35. The molecule has 10 heteroatoms. The van der Waals surface area contributed by atoms with E-state index in [0.29, 0.717) is 16.6 Å². The van der Waals surface area contributed by atoms with Gasteiger partial charge in [-0.25, -0.2) is 19.7 Å². The molecule has 1 unspecified atom stereocenters. The largest absolute Gasteiger partial charge is 0.472 e. The van der Waals surface area contributed by atoms with Gasteiger partial charge in [-0.1, -0.05) is 19.3 Å². The van der Waals surface area contributed by atoms with Crippen molar-refractivity contribution >= 4 is 17.8 Å². The van der Waals surface area contributed by atoms with Crippen LogP contribution >= 0.6 is 0 Å². The number of piperidine rings is 3. The number of aliphatic hydroxyl groups is 1. The second-order valence-electron chi connectivity index (χ2n) is 10.0. The van der Waals surface area contributed by atoms with Crippen LogP contribution in [0.2, 0.25) is 0 Å². The summed E-state index contributed by atoms with van der Waals surface area (Å²) in [6.07, 6.45) is 11.7. The van der Waals surface area contributed by atoms with Crippen LogP contribution in [0, 0.1) is 11.8 Å². The van der Waals surface area contributed by atoms with Gasteiger partial charge in [0.15, 0.2) is 18.2 Å². The molecule has 0 radical (unpaired) electrons. The summed E-state index contributed by atoms with van der Waals surface area (Å²) in [7, 11) is 0. The van der Waals surface area contributed by atoms with Gasteiger partial charge in [-0.05, 0) is 18.9 Å². The predicted molar refractivity (Wildman–Crippen MR) is 120 cm³/mol. The molecule has 2 bridgehead atoms. The molecule has 182 valence electrons. The van der Waals surface area contributed by atoms with E-state index in [2.05, 4.69) is 20.3 Å². The quantitative estimate of drug-likeness (QED) is 0.465. The molecule has 3 aliphatic heterocycles. The van der Waals surface area contributed by atoms with Gasteiger partial charge in [0.25, 0.3) is 5.91 Å². The number of quaternary nitrogens is 1. The number of nitrogens with one attached hydrogen (secondary N) is 1. The third kappa shape index (κ3) is 4.44. The second kappa shape index (κ2) is 9.42. The Balaban J connectivity index is 1.29. The monoisotopic (exact) mass is 470 g/mol. The van der Waals surface area contributed by atoms with Gasteiger partial charge in [0.2, 0.25) is 5.95 Å². The highest BCUT2D eigenvalue weighted by Crippen LogP contribution is 2.42. The minimum Gasteiger partial charge on any atom is -0.472 e. The third-order valence-electron chi connectivity index (χ3n) is 7.99. The molecule has 4 aliphatic rings. The van der Waals surface area contributed by atoms with Gasteiger partial charge >= 0.3 is 5.97 Å². The number of esters is 1. The smallest absolute Gasteiger partial charge is 0.343 e. The number of furan rings is 1. The van der Waals surface area contributed by atoms with E-state index in [1.165, 1.54) is 25.2 Å². The Morgan fingerprint density at radius 3 is 2.56 bits per heavy atom. The fourth-order valence-electron chi connectivity index (χ4n) is 6.10. The Labute approximate surface area is 198 Å². The number of rotatable bonds is 7. The number of hydrogen-bond donors (Lipinski definition) is 2. The first kappa shape index (κ1) is 22.9. The number of nitrogens with zero attached hydrogens (tertiary/aromatic N) is 4. The van der Waals surface area contributed by atoms with Gasteiger partial charge in [0, 0.05) is 30.2 Å². The van der Waals surface area contributed by atoms with Crippen molar-refractivity contribution in [2.75, 3.05) is 31.5 Å². The Bertz CT molecular complexity index is 986. The molecule has 1 amide bonds. The lowest BCUT2D eigenvalue weighted by atomic mass is 9.74. The van der Waals surface area contributed by atoms with E-state index in [1.807, 2.05) is 0 Å². The van der Waals surface area contributed by atoms with Gasteiger partial charge in [-0.3, -0.25) is 10.1 Å². The van der Waals surface area contributed by atoms with Crippen molar-refractivity contribution in [1.82, 2.24) is 15.0 Å². The summed E-state index contributed by atoms with van der Waals surface area (Å²) in [4.78, 5) is 37.9. The highest BCUT2D eigenvalue weighted by atomic mass is 16.6. The van der Waals surface area contributed by atoms with E-state index in [4.69, 9.17) is 9.15 Å². The maximum atomic E-state index is 13.6. The van der Waals surface area contributed by atoms with E-state index < -0.39 is 11.6 Å². The van der Waals surface area contributed by atoms with Gasteiger partial charge < -0.3 is 18.7 Å². The fraction of sp³-hybridized carbons (Fsp3) is 0.625. The van der Waals surface area contributed by atoms with E-state index >= 15 is 0 Å². The SMILES string of the molecule is O=C(C[N+]12CCC(CC1)C(OC(=O)[C@](O)(c1ccoc1)C1CCCCC1)C2)Nc1ncncn1. The lowest BCUT2D eigenvalue weighted by Gasteiger charge is -2.52. The topological polar surface area (TPSA) is 127 Å². The van der Waals surface area contributed by atoms with Crippen molar-refractivity contribution in [1.29, 1.82) is 0 Å². The zero-order valence-corrected chi connectivity index (χ0v) is 19.3. The number of fused-ring (bicyclic) bond motifs is 3. The van der Waals surface area contributed by atoms with E-state index in [1.54, 1.807) is 6.07 Å². The summed E-state index contributed by atoms with van der Waals surface area (Å²) in [5.41, 5.74) is -1.24. The molecule has 0 aromatic carbocycles. The average molecular weight is 471 g/mol. The van der Waals surface area contributed by atoms with E-state index in [9.17, 15) is 14.7 Å². The number of carbonyl (C=O) groups excluding carboxylic acids is 2. The maximum absolute atomic E-state index is 13.6. The highest BCUT2D eigenvalue weighted by molar-refractivity contribution is 5.89. The number of anilines is 1. The lowest BCUT2D eigenvalue weighted by molar-refractivity contribution is -0.939. The van der Waals surface area contributed by atoms with E-state index in [-0.39, 0.29) is 36.3 Å². The van der Waals surface area contributed by atoms with Crippen molar-refractivity contribution in [3.63, 3.8) is 0 Å². The number of carbonyl (C=O) groups is 2. The molecule has 10 nitrogen and oxygen atoms in total. The molecule has 0 spiro atoms. The standard InChI is InChI=1S/C24H31N5O5/c30-21(28-23-26-15-25-16-27-23)13-29-9-6-17(7-10-29)20(12-29)34-22(31)24(32,19-8-11-33-14-19)18-4-2-1-3-5-18/h8,11,14-18,20,32H,1-7,9-10,12-13H2/p+1/t17?,20?,24-,29?/m1/s1. The summed E-state index contributed by atoms with van der Waals surface area (Å²) >= 11 is 0. The zero-order chi connectivity index (χ0) is 23.6. The molecule has 2 aromatic rings. The molecular weight excluding hydrogens is 438 g/mol. The number of hydrogen-bond acceptors (Lipinski definition) is 8. The summed E-state index contributed by atoms with van der Waals surface area (Å²) in [5, 5.41) is 14.4. The van der Waals surface area contributed by atoms with Crippen molar-refractivity contribution < 1.29 is 28.3 Å².